The molecule has 8 nitrogen and oxygen atoms in total. The van der Waals surface area contributed by atoms with Gasteiger partial charge < -0.3 is 9.11 Å². The van der Waals surface area contributed by atoms with Gasteiger partial charge in [0.1, 0.15) is 0 Å². The molecule has 11 heteroatoms. The molecule has 0 rings (SSSR count). The van der Waals surface area contributed by atoms with E-state index >= 15 is 0 Å². The van der Waals surface area contributed by atoms with Crippen LogP contribution in [0.4, 0.5) is 0 Å². The third-order valence-corrected chi connectivity index (χ3v) is 11.3. The first-order valence-corrected chi connectivity index (χ1v) is 26.2. The second kappa shape index (κ2) is 47.5. The van der Waals surface area contributed by atoms with Crippen molar-refractivity contribution in [3.63, 3.8) is 0 Å². The van der Waals surface area contributed by atoms with E-state index in [2.05, 4.69) is 48.2 Å². The Kier molecular flexibility index (Phi) is 51.5. The molecule has 0 heterocycles. The smallest absolute Gasteiger partial charge is 0.726 e. The maximum Gasteiger partial charge on any atom is 2.00 e. The molecule has 0 aliphatic carbocycles. The fourth-order valence-electron chi connectivity index (χ4n) is 6.91. The molecule has 2 unspecified atom stereocenters. The monoisotopic (exact) mass is 875 g/mol. The van der Waals surface area contributed by atoms with E-state index in [1.165, 1.54) is 167 Å². The first kappa shape index (κ1) is 61.8. The summed E-state index contributed by atoms with van der Waals surface area (Å²) in [6, 6.07) is 0. The van der Waals surface area contributed by atoms with Crippen LogP contribution in [0.1, 0.15) is 246 Å². The standard InChI is InChI=1S/2C23H46O4S.Ca/c2*1-3-5-7-9-10-11-12-13-14-15-17-19-21-23(22-27-28(24,25)26)20-18-16-8-6-4-2;/h2*18,20,23H,3-17,19,21-22H2,1-2H3,(H,24,25,26);/q;;+2/p-2/b2*20-18+;. The molecule has 0 aliphatic rings. The molecule has 336 valence electrons. The minimum atomic E-state index is -4.60. The van der Waals surface area contributed by atoms with Crippen molar-refractivity contribution in [2.75, 3.05) is 13.2 Å². The topological polar surface area (TPSA) is 133 Å². The Balaban J connectivity index is -0.00000101. The predicted octanol–water partition coefficient (Wildman–Crippen LogP) is 14.2. The molecule has 57 heavy (non-hydrogen) atoms. The quantitative estimate of drug-likeness (QED) is 0.0195. The SMILES string of the molecule is CCCCC/C=C/C(CCCCCCCCCCCCCC)COS(=O)(=O)[O-].CCCCC/C=C/C(CCCCCCCCCCCCCC)COS(=O)(=O)[O-].[Ca+2]. The van der Waals surface area contributed by atoms with Crippen molar-refractivity contribution in [1.29, 1.82) is 0 Å². The van der Waals surface area contributed by atoms with E-state index in [1.54, 1.807) is 0 Å². The van der Waals surface area contributed by atoms with Gasteiger partial charge in [-0.25, -0.2) is 16.8 Å². The van der Waals surface area contributed by atoms with E-state index in [0.717, 1.165) is 51.4 Å². The molecule has 0 aromatic heterocycles. The van der Waals surface area contributed by atoms with Gasteiger partial charge in [-0.05, 0) is 38.5 Å². The summed E-state index contributed by atoms with van der Waals surface area (Å²) in [6.45, 7) is 8.82. The number of unbranched alkanes of at least 4 members (excludes halogenated alkanes) is 28. The van der Waals surface area contributed by atoms with E-state index in [0.29, 0.717) is 0 Å². The van der Waals surface area contributed by atoms with Crippen molar-refractivity contribution >= 4 is 58.5 Å². The molecule has 0 saturated carbocycles. The zero-order chi connectivity index (χ0) is 41.9. The van der Waals surface area contributed by atoms with Crippen LogP contribution < -0.4 is 0 Å². The van der Waals surface area contributed by atoms with E-state index in [9.17, 15) is 25.9 Å². The van der Waals surface area contributed by atoms with Crippen LogP contribution >= 0.6 is 0 Å². The van der Waals surface area contributed by atoms with Crippen LogP contribution in [0.15, 0.2) is 24.3 Å². The van der Waals surface area contributed by atoms with Crippen LogP contribution in [-0.2, 0) is 29.2 Å². The molecule has 0 spiro atoms. The molecular weight excluding hydrogens is 785 g/mol. The van der Waals surface area contributed by atoms with Gasteiger partial charge in [-0.15, -0.1) is 0 Å². The molecule has 0 saturated heterocycles. The minimum Gasteiger partial charge on any atom is -0.726 e. The van der Waals surface area contributed by atoms with Crippen molar-refractivity contribution in [3.05, 3.63) is 24.3 Å². The second-order valence-corrected chi connectivity index (χ2v) is 18.2. The van der Waals surface area contributed by atoms with E-state index in [4.69, 9.17) is 0 Å². The zero-order valence-corrected chi connectivity index (χ0v) is 41.6. The number of rotatable bonds is 42. The second-order valence-electron chi connectivity index (χ2n) is 16.1. The molecule has 0 bridgehead atoms. The fraction of sp³-hybridized carbons (Fsp3) is 0.913. The molecule has 0 amide bonds. The third-order valence-electron chi connectivity index (χ3n) is 10.5. The third kappa shape index (κ3) is 56.5. The Labute approximate surface area is 385 Å². The Morgan fingerprint density at radius 1 is 0.386 bits per heavy atom. The fourth-order valence-corrected chi connectivity index (χ4v) is 7.59. The summed E-state index contributed by atoms with van der Waals surface area (Å²) in [6.07, 6.45) is 50.5. The van der Waals surface area contributed by atoms with Gasteiger partial charge in [0, 0.05) is 11.8 Å². The first-order valence-electron chi connectivity index (χ1n) is 23.5. The summed E-state index contributed by atoms with van der Waals surface area (Å²) in [7, 11) is -9.20. The number of hydrogen-bond donors (Lipinski definition) is 0. The van der Waals surface area contributed by atoms with Crippen molar-refractivity contribution in [3.8, 4) is 0 Å². The maximum atomic E-state index is 10.7. The summed E-state index contributed by atoms with van der Waals surface area (Å²) >= 11 is 0. The van der Waals surface area contributed by atoms with Crippen LogP contribution in [0.5, 0.6) is 0 Å². The van der Waals surface area contributed by atoms with Crippen molar-refractivity contribution in [2.45, 2.75) is 246 Å². The van der Waals surface area contributed by atoms with Crippen LogP contribution in [0, 0.1) is 11.8 Å². The predicted molar refractivity (Wildman–Crippen MR) is 242 cm³/mol. The summed E-state index contributed by atoms with van der Waals surface area (Å²) in [5.74, 6) is 0.0435. The molecule has 0 aromatic rings. The normalized spacial score (nSPS) is 13.2. The van der Waals surface area contributed by atoms with Gasteiger partial charge in [-0.2, -0.15) is 0 Å². The van der Waals surface area contributed by atoms with E-state index in [-0.39, 0.29) is 62.8 Å². The van der Waals surface area contributed by atoms with Gasteiger partial charge >= 0.3 is 37.7 Å². The van der Waals surface area contributed by atoms with Crippen LogP contribution in [-0.4, -0.2) is 76.9 Å². The molecule has 0 N–H and O–H groups in total. The minimum absolute atomic E-state index is 0. The van der Waals surface area contributed by atoms with Gasteiger partial charge in [-0.1, -0.05) is 232 Å². The van der Waals surface area contributed by atoms with Gasteiger partial charge in [0.15, 0.2) is 0 Å². The summed E-state index contributed by atoms with van der Waals surface area (Å²) < 4.78 is 73.3. The molecular formula is C46H90CaO8S2. The summed E-state index contributed by atoms with van der Waals surface area (Å²) in [5.41, 5.74) is 0. The molecule has 0 aliphatic heterocycles. The van der Waals surface area contributed by atoms with Crippen LogP contribution in [0.2, 0.25) is 0 Å². The largest absolute Gasteiger partial charge is 2.00 e. The Morgan fingerprint density at radius 2 is 0.614 bits per heavy atom. The van der Waals surface area contributed by atoms with E-state index < -0.39 is 20.8 Å². The molecule has 0 radical (unpaired) electrons. The first-order chi connectivity index (χ1) is 27.0. The Bertz CT molecular complexity index is 982. The number of hydrogen-bond acceptors (Lipinski definition) is 8. The average molecular weight is 875 g/mol. The number of allylic oxidation sites excluding steroid dienone is 2. The van der Waals surface area contributed by atoms with Crippen molar-refractivity contribution in [1.82, 2.24) is 0 Å². The van der Waals surface area contributed by atoms with Crippen LogP contribution in [0.3, 0.4) is 0 Å². The maximum absolute atomic E-state index is 10.7. The van der Waals surface area contributed by atoms with Gasteiger partial charge in [0.2, 0.25) is 20.8 Å². The zero-order valence-electron chi connectivity index (χ0n) is 37.7. The Hall–Kier alpha value is 0.480. The van der Waals surface area contributed by atoms with E-state index in [1.807, 2.05) is 12.2 Å². The van der Waals surface area contributed by atoms with Gasteiger partial charge in [0.05, 0.1) is 13.2 Å². The van der Waals surface area contributed by atoms with Crippen LogP contribution in [0.25, 0.3) is 0 Å². The molecule has 2 atom stereocenters. The van der Waals surface area contributed by atoms with Gasteiger partial charge in [0.25, 0.3) is 0 Å². The molecule has 0 fully saturated rings. The average Bonchev–Trinajstić information content (AvgIpc) is 3.15. The van der Waals surface area contributed by atoms with Crippen molar-refractivity contribution in [2.24, 2.45) is 11.8 Å². The summed E-state index contributed by atoms with van der Waals surface area (Å²) in [5, 5.41) is 0. The summed E-state index contributed by atoms with van der Waals surface area (Å²) in [4.78, 5) is 0. The van der Waals surface area contributed by atoms with Crippen molar-refractivity contribution < 1.29 is 34.3 Å². The van der Waals surface area contributed by atoms with Gasteiger partial charge in [-0.3, -0.25) is 8.37 Å². The molecule has 0 aromatic carbocycles. The Morgan fingerprint density at radius 3 is 0.860 bits per heavy atom.